The van der Waals surface area contributed by atoms with Crippen LogP contribution in [0.15, 0.2) is 59.1 Å². The molecule has 0 radical (unpaired) electrons. The van der Waals surface area contributed by atoms with Crippen molar-refractivity contribution < 1.29 is 9.59 Å². The normalized spacial score (nSPS) is 13.2. The van der Waals surface area contributed by atoms with Gasteiger partial charge < -0.3 is 0 Å². The summed E-state index contributed by atoms with van der Waals surface area (Å²) in [5.41, 5.74) is 1.96. The minimum atomic E-state index is -0.0911. The Hall–Kier alpha value is -2.26. The van der Waals surface area contributed by atoms with Crippen molar-refractivity contribution in [3.63, 3.8) is 0 Å². The lowest BCUT2D eigenvalue weighted by Gasteiger charge is -2.19. The van der Waals surface area contributed by atoms with Crippen LogP contribution in [0, 0.1) is 0 Å². The van der Waals surface area contributed by atoms with E-state index in [0.717, 1.165) is 15.2 Å². The third kappa shape index (κ3) is 1.71. The molecule has 0 unspecified atom stereocenters. The standard InChI is InChI=1S/C18H9BrO2/c19-11-6-8-13-15(9-11)17(20)14-7-5-10-3-1-2-4-12(10)16(14)18(13)21/h1-9H. The Morgan fingerprint density at radius 3 is 2.33 bits per heavy atom. The van der Waals surface area contributed by atoms with Crippen LogP contribution in [0.4, 0.5) is 0 Å². The predicted molar refractivity (Wildman–Crippen MR) is 85.0 cm³/mol. The second-order valence-corrected chi connectivity index (χ2v) is 5.97. The molecule has 0 amide bonds. The molecule has 3 aromatic rings. The van der Waals surface area contributed by atoms with Crippen molar-refractivity contribution >= 4 is 38.3 Å². The van der Waals surface area contributed by atoms with Crippen LogP contribution in [-0.4, -0.2) is 11.6 Å². The first-order chi connectivity index (χ1) is 10.2. The van der Waals surface area contributed by atoms with Gasteiger partial charge in [0, 0.05) is 26.7 Å². The fourth-order valence-electron chi connectivity index (χ4n) is 2.89. The van der Waals surface area contributed by atoms with Crippen molar-refractivity contribution in [1.29, 1.82) is 0 Å². The van der Waals surface area contributed by atoms with E-state index in [0.29, 0.717) is 22.3 Å². The lowest BCUT2D eigenvalue weighted by Crippen LogP contribution is -2.21. The van der Waals surface area contributed by atoms with E-state index < -0.39 is 0 Å². The highest BCUT2D eigenvalue weighted by molar-refractivity contribution is 9.10. The average molecular weight is 337 g/mol. The lowest BCUT2D eigenvalue weighted by molar-refractivity contribution is 0.0980. The zero-order chi connectivity index (χ0) is 14.6. The molecule has 0 aromatic heterocycles. The molecule has 0 fully saturated rings. The number of carbonyl (C=O) groups is 2. The highest BCUT2D eigenvalue weighted by Crippen LogP contribution is 2.33. The van der Waals surface area contributed by atoms with E-state index in [1.165, 1.54) is 0 Å². The smallest absolute Gasteiger partial charge is 0.195 e. The molecule has 0 heterocycles. The Bertz CT molecular complexity index is 941. The summed E-state index contributed by atoms with van der Waals surface area (Å²) in [6.07, 6.45) is 0. The van der Waals surface area contributed by atoms with Crippen molar-refractivity contribution in [2.45, 2.75) is 0 Å². The number of hydrogen-bond donors (Lipinski definition) is 0. The van der Waals surface area contributed by atoms with Gasteiger partial charge in [-0.15, -0.1) is 0 Å². The molecule has 0 saturated heterocycles. The minimum absolute atomic E-state index is 0.0797. The second-order valence-electron chi connectivity index (χ2n) is 5.06. The lowest BCUT2D eigenvalue weighted by atomic mass is 9.82. The van der Waals surface area contributed by atoms with Crippen LogP contribution < -0.4 is 0 Å². The van der Waals surface area contributed by atoms with E-state index in [9.17, 15) is 9.59 Å². The summed E-state index contributed by atoms with van der Waals surface area (Å²) in [6.45, 7) is 0. The van der Waals surface area contributed by atoms with Crippen molar-refractivity contribution in [2.75, 3.05) is 0 Å². The third-order valence-electron chi connectivity index (χ3n) is 3.87. The van der Waals surface area contributed by atoms with Gasteiger partial charge in [0.05, 0.1) is 0 Å². The zero-order valence-electron chi connectivity index (χ0n) is 10.9. The first-order valence-corrected chi connectivity index (χ1v) is 7.37. The Morgan fingerprint density at radius 1 is 0.714 bits per heavy atom. The van der Waals surface area contributed by atoms with E-state index in [1.807, 2.05) is 30.3 Å². The van der Waals surface area contributed by atoms with Crippen molar-refractivity contribution in [3.8, 4) is 0 Å². The third-order valence-corrected chi connectivity index (χ3v) is 4.36. The van der Waals surface area contributed by atoms with Gasteiger partial charge in [0.1, 0.15) is 0 Å². The van der Waals surface area contributed by atoms with Gasteiger partial charge in [0.2, 0.25) is 0 Å². The number of fused-ring (bicyclic) bond motifs is 4. The Labute approximate surface area is 129 Å². The van der Waals surface area contributed by atoms with Gasteiger partial charge >= 0.3 is 0 Å². The second kappa shape index (κ2) is 4.37. The summed E-state index contributed by atoms with van der Waals surface area (Å²) < 4.78 is 0.798. The summed E-state index contributed by atoms with van der Waals surface area (Å²) in [6, 6.07) is 16.5. The van der Waals surface area contributed by atoms with Gasteiger partial charge in [0.15, 0.2) is 11.6 Å². The maximum absolute atomic E-state index is 12.8. The molecule has 21 heavy (non-hydrogen) atoms. The number of hydrogen-bond acceptors (Lipinski definition) is 2. The maximum atomic E-state index is 12.8. The molecule has 0 saturated carbocycles. The van der Waals surface area contributed by atoms with E-state index in [-0.39, 0.29) is 11.6 Å². The molecule has 0 spiro atoms. The molecular weight excluding hydrogens is 328 g/mol. The summed E-state index contributed by atoms with van der Waals surface area (Å²) in [5, 5.41) is 1.81. The van der Waals surface area contributed by atoms with Crippen molar-refractivity contribution in [2.24, 2.45) is 0 Å². The van der Waals surface area contributed by atoms with Crippen LogP contribution in [0.3, 0.4) is 0 Å². The molecule has 0 aliphatic heterocycles. The van der Waals surface area contributed by atoms with Gasteiger partial charge in [-0.3, -0.25) is 9.59 Å². The quantitative estimate of drug-likeness (QED) is 0.477. The zero-order valence-corrected chi connectivity index (χ0v) is 12.5. The number of carbonyl (C=O) groups excluding carboxylic acids is 2. The van der Waals surface area contributed by atoms with Crippen molar-refractivity contribution in [1.82, 2.24) is 0 Å². The van der Waals surface area contributed by atoms with E-state index in [4.69, 9.17) is 0 Å². The van der Waals surface area contributed by atoms with Crippen LogP contribution in [0.1, 0.15) is 31.8 Å². The molecule has 0 N–H and O–H groups in total. The summed E-state index contributed by atoms with van der Waals surface area (Å²) in [5.74, 6) is -0.171. The van der Waals surface area contributed by atoms with Crippen LogP contribution in [0.2, 0.25) is 0 Å². The predicted octanol–water partition coefficient (Wildman–Crippen LogP) is 4.38. The number of halogens is 1. The molecule has 100 valence electrons. The van der Waals surface area contributed by atoms with Crippen LogP contribution >= 0.6 is 15.9 Å². The minimum Gasteiger partial charge on any atom is -0.289 e. The van der Waals surface area contributed by atoms with Crippen LogP contribution in [-0.2, 0) is 0 Å². The van der Waals surface area contributed by atoms with E-state index in [2.05, 4.69) is 15.9 Å². The molecule has 4 rings (SSSR count). The Balaban J connectivity index is 2.11. The molecule has 1 aliphatic rings. The average Bonchev–Trinajstić information content (AvgIpc) is 2.51. The molecule has 3 heteroatoms. The summed E-state index contributed by atoms with van der Waals surface area (Å²) >= 11 is 3.35. The Kier molecular flexibility index (Phi) is 2.59. The topological polar surface area (TPSA) is 34.1 Å². The van der Waals surface area contributed by atoms with Gasteiger partial charge in [-0.05, 0) is 35.0 Å². The number of rotatable bonds is 0. The van der Waals surface area contributed by atoms with Gasteiger partial charge in [-0.25, -0.2) is 0 Å². The Morgan fingerprint density at radius 2 is 1.48 bits per heavy atom. The highest BCUT2D eigenvalue weighted by atomic mass is 79.9. The molecule has 1 aliphatic carbocycles. The van der Waals surface area contributed by atoms with Crippen LogP contribution in [0.5, 0.6) is 0 Å². The van der Waals surface area contributed by atoms with Gasteiger partial charge in [-0.2, -0.15) is 0 Å². The van der Waals surface area contributed by atoms with Crippen LogP contribution in [0.25, 0.3) is 10.8 Å². The molecule has 2 nitrogen and oxygen atoms in total. The first-order valence-electron chi connectivity index (χ1n) is 6.57. The summed E-state index contributed by atoms with van der Waals surface area (Å²) in [4.78, 5) is 25.5. The van der Waals surface area contributed by atoms with Gasteiger partial charge in [0.25, 0.3) is 0 Å². The largest absolute Gasteiger partial charge is 0.289 e. The van der Waals surface area contributed by atoms with E-state index in [1.54, 1.807) is 24.3 Å². The first kappa shape index (κ1) is 12.5. The SMILES string of the molecule is O=C1c2cc(Br)ccc2C(=O)c2c1ccc1ccccc21. The fraction of sp³-hybridized carbons (Fsp3) is 0. The monoisotopic (exact) mass is 336 g/mol. The molecule has 0 bridgehead atoms. The molecule has 0 atom stereocenters. The van der Waals surface area contributed by atoms with Crippen molar-refractivity contribution in [3.05, 3.63) is 81.3 Å². The fourth-order valence-corrected chi connectivity index (χ4v) is 3.25. The molecule has 3 aromatic carbocycles. The summed E-state index contributed by atoms with van der Waals surface area (Å²) in [7, 11) is 0. The van der Waals surface area contributed by atoms with Gasteiger partial charge in [-0.1, -0.05) is 46.3 Å². The molecular formula is C18H9BrO2. The number of ketones is 2. The number of benzene rings is 3. The highest BCUT2D eigenvalue weighted by Gasteiger charge is 2.30. The van der Waals surface area contributed by atoms with E-state index >= 15 is 0 Å². The maximum Gasteiger partial charge on any atom is 0.195 e.